The summed E-state index contributed by atoms with van der Waals surface area (Å²) in [5, 5.41) is 3.54. The molecule has 2 aromatic heterocycles. The molecule has 0 aliphatic rings. The van der Waals surface area contributed by atoms with Crippen molar-refractivity contribution in [1.82, 2.24) is 9.38 Å². The Hall–Kier alpha value is -2.34. The van der Waals surface area contributed by atoms with Crippen molar-refractivity contribution in [2.45, 2.75) is 39.7 Å². The second-order valence-corrected chi connectivity index (χ2v) is 8.03. The molecule has 3 rings (SSSR count). The lowest BCUT2D eigenvalue weighted by Crippen LogP contribution is -2.27. The van der Waals surface area contributed by atoms with Crippen LogP contribution in [0.25, 0.3) is 16.9 Å². The van der Waals surface area contributed by atoms with Crippen LogP contribution in [-0.4, -0.2) is 20.9 Å². The van der Waals surface area contributed by atoms with Gasteiger partial charge in [-0.15, -0.1) is 0 Å². The van der Waals surface area contributed by atoms with Gasteiger partial charge in [0.05, 0.1) is 0 Å². The predicted octanol–water partition coefficient (Wildman–Crippen LogP) is 5.29. The molecule has 0 aliphatic heterocycles. The van der Waals surface area contributed by atoms with E-state index in [4.69, 9.17) is 9.72 Å². The average molecular weight is 416 g/mol. The molecule has 0 saturated heterocycles. The lowest BCUT2D eigenvalue weighted by atomic mass is 10.1. The van der Waals surface area contributed by atoms with Crippen molar-refractivity contribution in [3.63, 3.8) is 0 Å². The Labute approximate surface area is 161 Å². The number of nitrogens with one attached hydrogen (secondary N) is 1. The van der Waals surface area contributed by atoms with Crippen LogP contribution in [0.1, 0.15) is 34.1 Å². The molecule has 5 nitrogen and oxygen atoms in total. The second kappa shape index (κ2) is 7.11. The predicted molar refractivity (Wildman–Crippen MR) is 108 cm³/mol. The third kappa shape index (κ3) is 4.07. The summed E-state index contributed by atoms with van der Waals surface area (Å²) in [6.07, 6.45) is 2.32. The Morgan fingerprint density at radius 3 is 2.73 bits per heavy atom. The number of carbonyl (C=O) groups excluding carboxylic acids is 1. The highest BCUT2D eigenvalue weighted by atomic mass is 79.9. The van der Waals surface area contributed by atoms with Crippen molar-refractivity contribution in [2.24, 2.45) is 0 Å². The molecule has 0 spiro atoms. The second-order valence-electron chi connectivity index (χ2n) is 7.11. The highest BCUT2D eigenvalue weighted by Crippen LogP contribution is 2.33. The van der Waals surface area contributed by atoms with E-state index in [0.717, 1.165) is 27.2 Å². The van der Waals surface area contributed by atoms with E-state index in [1.54, 1.807) is 13.0 Å². The first-order chi connectivity index (χ1) is 12.3. The molecule has 0 saturated carbocycles. The van der Waals surface area contributed by atoms with Gasteiger partial charge in [-0.1, -0.05) is 19.1 Å². The number of imidazole rings is 1. The molecule has 0 bridgehead atoms. The topological polar surface area (TPSA) is 55.6 Å². The molecule has 0 aliphatic carbocycles. The fourth-order valence-corrected chi connectivity index (χ4v) is 2.94. The number of anilines is 1. The van der Waals surface area contributed by atoms with Crippen LogP contribution in [-0.2, 0) is 4.79 Å². The molecule has 0 atom stereocenters. The quantitative estimate of drug-likeness (QED) is 0.464. The van der Waals surface area contributed by atoms with Gasteiger partial charge in [-0.05, 0) is 61.0 Å². The summed E-state index contributed by atoms with van der Waals surface area (Å²) in [6.45, 7) is 8.09. The lowest BCUT2D eigenvalue weighted by molar-refractivity contribution is -0.134. The van der Waals surface area contributed by atoms with E-state index in [9.17, 15) is 4.79 Å². The molecule has 0 amide bonds. The van der Waals surface area contributed by atoms with Crippen LogP contribution in [0, 0.1) is 0 Å². The first-order valence-electron chi connectivity index (χ1n) is 8.54. The minimum atomic E-state index is -0.255. The summed E-state index contributed by atoms with van der Waals surface area (Å²) < 4.78 is 8.35. The number of aromatic nitrogens is 2. The summed E-state index contributed by atoms with van der Waals surface area (Å²) in [5.41, 5.74) is 2.40. The van der Waals surface area contributed by atoms with Crippen molar-refractivity contribution in [2.75, 3.05) is 5.32 Å². The average Bonchev–Trinajstić information content (AvgIpc) is 2.91. The molecule has 0 fully saturated rings. The molecule has 136 valence electrons. The molecular formula is C20H22BrN3O2. The van der Waals surface area contributed by atoms with Crippen LogP contribution in [0.3, 0.4) is 0 Å². The Kier molecular flexibility index (Phi) is 5.05. The van der Waals surface area contributed by atoms with Crippen molar-refractivity contribution in [3.05, 3.63) is 47.1 Å². The Bertz CT molecular complexity index is 957. The van der Waals surface area contributed by atoms with E-state index in [-0.39, 0.29) is 11.5 Å². The van der Waals surface area contributed by atoms with Crippen LogP contribution in [0.5, 0.6) is 5.75 Å². The molecule has 0 radical (unpaired) electrons. The molecule has 2 heterocycles. The number of fused-ring (bicyclic) bond motifs is 1. The normalized spacial score (nSPS) is 11.6. The van der Waals surface area contributed by atoms with Gasteiger partial charge in [-0.25, -0.2) is 4.98 Å². The standard InChI is InChI=1S/C20H22BrN3O2/c1-5-17(25)26-15-8-6-7-13(11-15)18-19(23-20(2,3)4)24-12-14(21)9-10-16(24)22-18/h6-12,23H,5H2,1-4H3. The zero-order valence-corrected chi connectivity index (χ0v) is 16.9. The van der Waals surface area contributed by atoms with Crippen molar-refractivity contribution in [1.29, 1.82) is 0 Å². The fraction of sp³-hybridized carbons (Fsp3) is 0.300. The van der Waals surface area contributed by atoms with E-state index in [0.29, 0.717) is 12.2 Å². The van der Waals surface area contributed by atoms with Crippen LogP contribution in [0.4, 0.5) is 5.82 Å². The molecule has 0 unspecified atom stereocenters. The number of rotatable bonds is 4. The van der Waals surface area contributed by atoms with Crippen molar-refractivity contribution < 1.29 is 9.53 Å². The van der Waals surface area contributed by atoms with Gasteiger partial charge in [0.1, 0.15) is 22.9 Å². The van der Waals surface area contributed by atoms with Gasteiger partial charge >= 0.3 is 5.97 Å². The van der Waals surface area contributed by atoms with Crippen LogP contribution < -0.4 is 10.1 Å². The lowest BCUT2D eigenvalue weighted by Gasteiger charge is -2.22. The summed E-state index contributed by atoms with van der Waals surface area (Å²) in [5.74, 6) is 1.16. The highest BCUT2D eigenvalue weighted by Gasteiger charge is 2.20. The largest absolute Gasteiger partial charge is 0.427 e. The number of halogens is 1. The maximum absolute atomic E-state index is 11.6. The fourth-order valence-electron chi connectivity index (χ4n) is 2.61. The number of hydrogen-bond acceptors (Lipinski definition) is 4. The smallest absolute Gasteiger partial charge is 0.310 e. The third-order valence-corrected chi connectivity index (χ3v) is 4.17. The highest BCUT2D eigenvalue weighted by molar-refractivity contribution is 9.10. The molecule has 3 aromatic rings. The van der Waals surface area contributed by atoms with Crippen LogP contribution >= 0.6 is 15.9 Å². The zero-order chi connectivity index (χ0) is 18.9. The number of esters is 1. The van der Waals surface area contributed by atoms with Crippen molar-refractivity contribution in [3.8, 4) is 17.0 Å². The minimum Gasteiger partial charge on any atom is -0.427 e. The van der Waals surface area contributed by atoms with E-state index >= 15 is 0 Å². The van der Waals surface area contributed by atoms with Crippen molar-refractivity contribution >= 4 is 33.4 Å². The maximum atomic E-state index is 11.6. The maximum Gasteiger partial charge on any atom is 0.310 e. The summed E-state index contributed by atoms with van der Waals surface area (Å²) in [7, 11) is 0. The summed E-state index contributed by atoms with van der Waals surface area (Å²) >= 11 is 3.52. The van der Waals surface area contributed by atoms with E-state index < -0.39 is 0 Å². The van der Waals surface area contributed by atoms with Gasteiger partial charge in [0, 0.05) is 28.2 Å². The number of nitrogens with zero attached hydrogens (tertiary/aromatic N) is 2. The molecular weight excluding hydrogens is 394 g/mol. The van der Waals surface area contributed by atoms with Gasteiger partial charge in [-0.3, -0.25) is 9.20 Å². The number of benzene rings is 1. The Balaban J connectivity index is 2.13. The minimum absolute atomic E-state index is 0.140. The van der Waals surface area contributed by atoms with Gasteiger partial charge in [0.15, 0.2) is 0 Å². The van der Waals surface area contributed by atoms with E-state index in [2.05, 4.69) is 42.0 Å². The van der Waals surface area contributed by atoms with Gasteiger partial charge in [0.25, 0.3) is 0 Å². The Morgan fingerprint density at radius 2 is 2.04 bits per heavy atom. The number of pyridine rings is 1. The molecule has 1 N–H and O–H groups in total. The van der Waals surface area contributed by atoms with Gasteiger partial charge < -0.3 is 10.1 Å². The van der Waals surface area contributed by atoms with Gasteiger partial charge in [0.2, 0.25) is 0 Å². The van der Waals surface area contributed by atoms with Crippen LogP contribution in [0.2, 0.25) is 0 Å². The zero-order valence-electron chi connectivity index (χ0n) is 15.3. The molecule has 26 heavy (non-hydrogen) atoms. The summed E-state index contributed by atoms with van der Waals surface area (Å²) in [6, 6.07) is 11.4. The third-order valence-electron chi connectivity index (χ3n) is 3.70. The van der Waals surface area contributed by atoms with E-state index in [1.165, 1.54) is 0 Å². The SMILES string of the molecule is CCC(=O)Oc1cccc(-c2nc3ccc(Br)cn3c2NC(C)(C)C)c1. The molecule has 6 heteroatoms. The number of hydrogen-bond donors (Lipinski definition) is 1. The summed E-state index contributed by atoms with van der Waals surface area (Å²) in [4.78, 5) is 16.4. The Morgan fingerprint density at radius 1 is 1.27 bits per heavy atom. The van der Waals surface area contributed by atoms with E-state index in [1.807, 2.05) is 40.9 Å². The first kappa shape index (κ1) is 18.5. The number of ether oxygens (including phenoxy) is 1. The monoisotopic (exact) mass is 415 g/mol. The van der Waals surface area contributed by atoms with Crippen LogP contribution in [0.15, 0.2) is 47.1 Å². The van der Waals surface area contributed by atoms with Gasteiger partial charge in [-0.2, -0.15) is 0 Å². The number of carbonyl (C=O) groups is 1. The molecule has 1 aromatic carbocycles. The first-order valence-corrected chi connectivity index (χ1v) is 9.33.